The van der Waals surface area contributed by atoms with E-state index in [4.69, 9.17) is 9.47 Å². The molecule has 1 N–H and O–H groups in total. The van der Waals surface area contributed by atoms with E-state index in [1.165, 1.54) is 18.4 Å². The van der Waals surface area contributed by atoms with Crippen molar-refractivity contribution in [3.05, 3.63) is 56.9 Å². The number of thiophene rings is 1. The van der Waals surface area contributed by atoms with Crippen molar-refractivity contribution in [1.29, 1.82) is 0 Å². The summed E-state index contributed by atoms with van der Waals surface area (Å²) in [6, 6.07) is 11.8. The van der Waals surface area contributed by atoms with E-state index in [1.54, 1.807) is 0 Å². The number of carbonyl (C=O) groups is 2. The molecule has 0 radical (unpaired) electrons. The molecule has 0 aliphatic heterocycles. The predicted molar refractivity (Wildman–Crippen MR) is 136 cm³/mol. The minimum Gasteiger partial charge on any atom is -0.483 e. The van der Waals surface area contributed by atoms with Crippen molar-refractivity contribution in [3.63, 3.8) is 0 Å². The van der Waals surface area contributed by atoms with Gasteiger partial charge in [0.25, 0.3) is 5.91 Å². The summed E-state index contributed by atoms with van der Waals surface area (Å²) in [5.74, 6) is 0.406. The van der Waals surface area contributed by atoms with E-state index in [-0.39, 0.29) is 17.9 Å². The minimum absolute atomic E-state index is 0.162. The summed E-state index contributed by atoms with van der Waals surface area (Å²) < 4.78 is 11.6. The molecule has 3 aromatic rings. The number of benzene rings is 2. The fourth-order valence-electron chi connectivity index (χ4n) is 4.36. The van der Waals surface area contributed by atoms with Crippen LogP contribution in [0.4, 0.5) is 5.00 Å². The van der Waals surface area contributed by atoms with Crippen molar-refractivity contribution in [1.82, 2.24) is 0 Å². The van der Waals surface area contributed by atoms with Gasteiger partial charge in [-0.25, -0.2) is 4.79 Å². The van der Waals surface area contributed by atoms with Gasteiger partial charge in [0, 0.05) is 4.88 Å². The smallest absolute Gasteiger partial charge is 0.341 e. The first-order valence-corrected chi connectivity index (χ1v) is 12.6. The van der Waals surface area contributed by atoms with Gasteiger partial charge in [0.1, 0.15) is 10.8 Å². The standard InChI is InChI=1S/C26H28BrNO4S/c1-26(2,3)16-10-11-18-20(13-16)33-24(22(18)25(30)31-4)28-21(29)14-32-19-12-9-15-7-5-6-8-17(15)23(19)27/h5-9,12,16H,10-11,13-14H2,1-4H3,(H,28,29). The molecule has 1 aromatic heterocycles. The summed E-state index contributed by atoms with van der Waals surface area (Å²) in [6.07, 6.45) is 2.74. The first-order valence-electron chi connectivity index (χ1n) is 11.0. The van der Waals surface area contributed by atoms with Crippen LogP contribution in [0.15, 0.2) is 40.9 Å². The lowest BCUT2D eigenvalue weighted by atomic mass is 9.72. The summed E-state index contributed by atoms with van der Waals surface area (Å²) in [6.45, 7) is 6.60. The molecule has 2 aromatic carbocycles. The average Bonchev–Trinajstić information content (AvgIpc) is 3.14. The molecule has 0 saturated carbocycles. The van der Waals surface area contributed by atoms with Crippen LogP contribution in [0.3, 0.4) is 0 Å². The number of methoxy groups -OCH3 is 1. The molecular weight excluding hydrogens is 502 g/mol. The van der Waals surface area contributed by atoms with Gasteiger partial charge in [0.2, 0.25) is 0 Å². The highest BCUT2D eigenvalue weighted by Gasteiger charge is 2.34. The molecule has 1 aliphatic rings. The quantitative estimate of drug-likeness (QED) is 0.377. The maximum absolute atomic E-state index is 12.8. The van der Waals surface area contributed by atoms with Gasteiger partial charge in [-0.2, -0.15) is 0 Å². The topological polar surface area (TPSA) is 64.6 Å². The zero-order valence-electron chi connectivity index (χ0n) is 19.3. The van der Waals surface area contributed by atoms with Crippen molar-refractivity contribution in [3.8, 4) is 5.75 Å². The number of esters is 1. The molecule has 0 fully saturated rings. The van der Waals surface area contributed by atoms with Gasteiger partial charge >= 0.3 is 5.97 Å². The molecule has 0 bridgehead atoms. The highest BCUT2D eigenvalue weighted by molar-refractivity contribution is 9.10. The van der Waals surface area contributed by atoms with E-state index in [0.29, 0.717) is 22.2 Å². The van der Waals surface area contributed by atoms with Gasteiger partial charge in [-0.15, -0.1) is 11.3 Å². The van der Waals surface area contributed by atoms with Crippen LogP contribution >= 0.6 is 27.3 Å². The van der Waals surface area contributed by atoms with Gasteiger partial charge in [-0.1, -0.05) is 51.1 Å². The number of fused-ring (bicyclic) bond motifs is 2. The number of nitrogens with one attached hydrogen (secondary N) is 1. The van der Waals surface area contributed by atoms with Crippen LogP contribution in [0, 0.1) is 11.3 Å². The zero-order valence-corrected chi connectivity index (χ0v) is 21.7. The summed E-state index contributed by atoms with van der Waals surface area (Å²) in [5.41, 5.74) is 1.70. The normalized spacial score (nSPS) is 15.7. The van der Waals surface area contributed by atoms with Crippen molar-refractivity contribution < 1.29 is 19.1 Å². The van der Waals surface area contributed by atoms with Crippen LogP contribution in [0.5, 0.6) is 5.75 Å². The van der Waals surface area contributed by atoms with E-state index < -0.39 is 5.97 Å². The summed E-state index contributed by atoms with van der Waals surface area (Å²) >= 11 is 5.07. The Morgan fingerprint density at radius 3 is 2.67 bits per heavy atom. The number of hydrogen-bond acceptors (Lipinski definition) is 5. The maximum atomic E-state index is 12.8. The first-order chi connectivity index (χ1) is 15.7. The van der Waals surface area contributed by atoms with Crippen molar-refractivity contribution >= 4 is 54.9 Å². The van der Waals surface area contributed by atoms with E-state index in [9.17, 15) is 9.59 Å². The Morgan fingerprint density at radius 1 is 1.18 bits per heavy atom. The first kappa shape index (κ1) is 23.8. The molecule has 174 valence electrons. The van der Waals surface area contributed by atoms with Crippen LogP contribution in [-0.2, 0) is 22.4 Å². The van der Waals surface area contributed by atoms with E-state index in [0.717, 1.165) is 44.9 Å². The highest BCUT2D eigenvalue weighted by Crippen LogP contribution is 2.44. The Morgan fingerprint density at radius 2 is 1.94 bits per heavy atom. The van der Waals surface area contributed by atoms with Crippen LogP contribution in [0.2, 0.25) is 0 Å². The largest absolute Gasteiger partial charge is 0.483 e. The van der Waals surface area contributed by atoms with E-state index in [1.807, 2.05) is 36.4 Å². The Bertz CT molecular complexity index is 1210. The number of amides is 1. The number of carbonyl (C=O) groups excluding carboxylic acids is 2. The predicted octanol–water partition coefficient (Wildman–Crippen LogP) is 6.62. The molecule has 1 unspecified atom stereocenters. The minimum atomic E-state index is -0.407. The molecule has 1 aliphatic carbocycles. The maximum Gasteiger partial charge on any atom is 0.341 e. The van der Waals surface area contributed by atoms with Crippen LogP contribution in [0.25, 0.3) is 10.8 Å². The fourth-order valence-corrected chi connectivity index (χ4v) is 6.30. The van der Waals surface area contributed by atoms with Crippen LogP contribution in [-0.4, -0.2) is 25.6 Å². The number of halogens is 1. The molecular formula is C26H28BrNO4S. The van der Waals surface area contributed by atoms with E-state index in [2.05, 4.69) is 42.0 Å². The lowest BCUT2D eigenvalue weighted by molar-refractivity contribution is -0.118. The molecule has 33 heavy (non-hydrogen) atoms. The molecule has 5 nitrogen and oxygen atoms in total. The van der Waals surface area contributed by atoms with Crippen molar-refractivity contribution in [2.75, 3.05) is 19.0 Å². The molecule has 0 spiro atoms. The number of ether oxygens (including phenoxy) is 2. The number of hydrogen-bond donors (Lipinski definition) is 1. The van der Waals surface area contributed by atoms with Gasteiger partial charge in [-0.3, -0.25) is 4.79 Å². The highest BCUT2D eigenvalue weighted by atomic mass is 79.9. The summed E-state index contributed by atoms with van der Waals surface area (Å²) in [5, 5.41) is 5.55. The van der Waals surface area contributed by atoms with E-state index >= 15 is 0 Å². The molecule has 1 atom stereocenters. The molecule has 1 heterocycles. The second-order valence-electron chi connectivity index (χ2n) is 9.44. The van der Waals surface area contributed by atoms with Gasteiger partial charge < -0.3 is 14.8 Å². The Balaban J connectivity index is 1.52. The number of anilines is 1. The SMILES string of the molecule is COC(=O)c1c(NC(=O)COc2ccc3ccccc3c2Br)sc2c1CCC(C(C)(C)C)C2. The number of rotatable bonds is 5. The van der Waals surface area contributed by atoms with Crippen molar-refractivity contribution in [2.45, 2.75) is 40.0 Å². The monoisotopic (exact) mass is 529 g/mol. The Kier molecular flexibility index (Phi) is 6.82. The third kappa shape index (κ3) is 4.94. The molecule has 1 amide bonds. The molecule has 4 rings (SSSR count). The molecule has 0 saturated heterocycles. The van der Waals surface area contributed by atoms with Crippen molar-refractivity contribution in [2.24, 2.45) is 11.3 Å². The summed E-state index contributed by atoms with van der Waals surface area (Å²) in [4.78, 5) is 26.5. The van der Waals surface area contributed by atoms with Crippen LogP contribution in [0.1, 0.15) is 48.0 Å². The Labute approximate surface area is 206 Å². The molecule has 7 heteroatoms. The second kappa shape index (κ2) is 9.47. The third-order valence-corrected chi connectivity index (χ3v) is 8.31. The zero-order chi connectivity index (χ0) is 23.8. The second-order valence-corrected chi connectivity index (χ2v) is 11.3. The third-order valence-electron chi connectivity index (χ3n) is 6.32. The average molecular weight is 530 g/mol. The van der Waals surface area contributed by atoms with Gasteiger partial charge in [0.05, 0.1) is 17.1 Å². The lowest BCUT2D eigenvalue weighted by Gasteiger charge is -2.33. The van der Waals surface area contributed by atoms with Gasteiger partial charge in [0.15, 0.2) is 6.61 Å². The van der Waals surface area contributed by atoms with Crippen LogP contribution < -0.4 is 10.1 Å². The lowest BCUT2D eigenvalue weighted by Crippen LogP contribution is -2.26. The summed E-state index contributed by atoms with van der Waals surface area (Å²) in [7, 11) is 1.37. The fraction of sp³-hybridized carbons (Fsp3) is 0.385. The Hall–Kier alpha value is -2.38. The van der Waals surface area contributed by atoms with Gasteiger partial charge in [-0.05, 0) is 68.9 Å².